The molecular weight excluding hydrogens is 492 g/mol. The lowest BCUT2D eigenvalue weighted by molar-refractivity contribution is -0.131. The Bertz CT molecular complexity index is 856. The Morgan fingerprint density at radius 2 is 1.57 bits per heavy atom. The van der Waals surface area contributed by atoms with E-state index in [0.29, 0.717) is 17.4 Å². The van der Waals surface area contributed by atoms with Crippen molar-refractivity contribution in [3.63, 3.8) is 0 Å². The van der Waals surface area contributed by atoms with Gasteiger partial charge in [0.15, 0.2) is 13.2 Å². The van der Waals surface area contributed by atoms with Gasteiger partial charge in [-0.2, -0.15) is 0 Å². The fourth-order valence-electron chi connectivity index (χ4n) is 2.20. The number of carbonyl (C=O) groups excluding carboxylic acids is 2. The number of ether oxygens (including phenoxy) is 2. The molecule has 6 nitrogen and oxygen atoms in total. The zero-order valence-corrected chi connectivity index (χ0v) is 19.0. The first-order valence-electron chi connectivity index (χ1n) is 8.65. The summed E-state index contributed by atoms with van der Waals surface area (Å²) in [5.41, 5.74) is 6.74. The molecule has 2 aromatic rings. The molecule has 2 N–H and O–H groups in total. The van der Waals surface area contributed by atoms with Crippen molar-refractivity contribution in [2.24, 2.45) is 0 Å². The largest absolute Gasteiger partial charge is 0.484 e. The van der Waals surface area contributed by atoms with Gasteiger partial charge >= 0.3 is 0 Å². The number of nitrogens with one attached hydrogen (secondary N) is 2. The lowest BCUT2D eigenvalue weighted by Gasteiger charge is -2.12. The minimum Gasteiger partial charge on any atom is -0.484 e. The van der Waals surface area contributed by atoms with Crippen molar-refractivity contribution in [3.05, 3.63) is 56.5 Å². The molecule has 0 bridgehead atoms. The van der Waals surface area contributed by atoms with Crippen molar-refractivity contribution in [1.82, 2.24) is 10.9 Å². The van der Waals surface area contributed by atoms with Crippen LogP contribution < -0.4 is 20.3 Å². The molecule has 28 heavy (non-hydrogen) atoms. The first-order valence-corrected chi connectivity index (χ1v) is 10.2. The maximum atomic E-state index is 11.9. The molecule has 0 radical (unpaired) electrons. The maximum absolute atomic E-state index is 11.9. The molecular formula is C20H22Br2N2O4. The molecule has 0 aliphatic rings. The minimum absolute atomic E-state index is 0.218. The van der Waals surface area contributed by atoms with Gasteiger partial charge in [-0.15, -0.1) is 0 Å². The van der Waals surface area contributed by atoms with Crippen LogP contribution in [-0.4, -0.2) is 25.0 Å². The zero-order chi connectivity index (χ0) is 20.7. The molecule has 0 unspecified atom stereocenters. The number of carbonyl (C=O) groups is 2. The molecule has 2 amide bonds. The van der Waals surface area contributed by atoms with Crippen LogP contribution in [0.3, 0.4) is 0 Å². The summed E-state index contributed by atoms with van der Waals surface area (Å²) in [6, 6.07) is 11.1. The van der Waals surface area contributed by atoms with Gasteiger partial charge in [0.2, 0.25) is 0 Å². The van der Waals surface area contributed by atoms with E-state index in [0.717, 1.165) is 20.1 Å². The molecule has 0 aliphatic heterocycles. The summed E-state index contributed by atoms with van der Waals surface area (Å²) in [6.07, 6.45) is 0. The highest BCUT2D eigenvalue weighted by molar-refractivity contribution is 9.10. The van der Waals surface area contributed by atoms with E-state index >= 15 is 0 Å². The number of hydrogen-bond donors (Lipinski definition) is 2. The second kappa shape index (κ2) is 10.5. The van der Waals surface area contributed by atoms with Crippen LogP contribution in [0.25, 0.3) is 0 Å². The number of hydrogen-bond acceptors (Lipinski definition) is 4. The van der Waals surface area contributed by atoms with E-state index < -0.39 is 11.8 Å². The van der Waals surface area contributed by atoms with Crippen LogP contribution in [0.15, 0.2) is 45.3 Å². The second-order valence-electron chi connectivity index (χ2n) is 6.43. The van der Waals surface area contributed by atoms with E-state index in [-0.39, 0.29) is 13.2 Å². The Hall–Kier alpha value is -2.06. The zero-order valence-electron chi connectivity index (χ0n) is 15.8. The van der Waals surface area contributed by atoms with Crippen LogP contribution in [0.5, 0.6) is 11.5 Å². The molecule has 0 saturated heterocycles. The summed E-state index contributed by atoms with van der Waals surface area (Å²) in [7, 11) is 0. The van der Waals surface area contributed by atoms with Gasteiger partial charge in [0, 0.05) is 4.47 Å². The average molecular weight is 514 g/mol. The van der Waals surface area contributed by atoms with Gasteiger partial charge in [0.05, 0.1) is 4.47 Å². The molecule has 0 aromatic heterocycles. The first kappa shape index (κ1) is 22.2. The lowest BCUT2D eigenvalue weighted by Crippen LogP contribution is -2.45. The van der Waals surface area contributed by atoms with E-state index in [4.69, 9.17) is 9.47 Å². The van der Waals surface area contributed by atoms with Crippen LogP contribution in [0, 0.1) is 6.92 Å². The van der Waals surface area contributed by atoms with Crippen LogP contribution in [0.2, 0.25) is 0 Å². The number of rotatable bonds is 7. The second-order valence-corrected chi connectivity index (χ2v) is 8.14. The summed E-state index contributed by atoms with van der Waals surface area (Å²) in [5.74, 6) is 0.566. The van der Waals surface area contributed by atoms with Crippen LogP contribution in [0.4, 0.5) is 0 Å². The summed E-state index contributed by atoms with van der Waals surface area (Å²) in [4.78, 5) is 23.6. The number of benzene rings is 2. The van der Waals surface area contributed by atoms with Crippen molar-refractivity contribution in [2.45, 2.75) is 26.7 Å². The standard InChI is InChI=1S/C20H22Br2N2O4/c1-12(2)14-4-7-18(17(22)9-14)28-11-20(26)24-23-19(25)10-27-15-5-6-16(21)13(3)8-15/h4-9,12H,10-11H2,1-3H3,(H,23,25)(H,24,26). The van der Waals surface area contributed by atoms with E-state index in [1.807, 2.05) is 31.2 Å². The Labute approximate surface area is 181 Å². The van der Waals surface area contributed by atoms with Crippen molar-refractivity contribution >= 4 is 43.7 Å². The molecule has 2 aromatic carbocycles. The third kappa shape index (κ3) is 6.83. The molecule has 0 aliphatic carbocycles. The predicted molar refractivity (Wildman–Crippen MR) is 114 cm³/mol. The normalized spacial score (nSPS) is 10.5. The average Bonchev–Trinajstić information content (AvgIpc) is 2.66. The fourth-order valence-corrected chi connectivity index (χ4v) is 2.96. The third-order valence-electron chi connectivity index (χ3n) is 3.82. The molecule has 0 fully saturated rings. The highest BCUT2D eigenvalue weighted by Crippen LogP contribution is 2.28. The molecule has 2 rings (SSSR count). The van der Waals surface area contributed by atoms with Crippen molar-refractivity contribution in [2.75, 3.05) is 13.2 Å². The van der Waals surface area contributed by atoms with Gasteiger partial charge in [-0.1, -0.05) is 35.8 Å². The van der Waals surface area contributed by atoms with Crippen LogP contribution in [0.1, 0.15) is 30.9 Å². The van der Waals surface area contributed by atoms with Gasteiger partial charge in [0.25, 0.3) is 11.8 Å². The topological polar surface area (TPSA) is 76.7 Å². The smallest absolute Gasteiger partial charge is 0.276 e. The highest BCUT2D eigenvalue weighted by atomic mass is 79.9. The van der Waals surface area contributed by atoms with E-state index in [9.17, 15) is 9.59 Å². The van der Waals surface area contributed by atoms with Crippen molar-refractivity contribution in [1.29, 1.82) is 0 Å². The summed E-state index contributed by atoms with van der Waals surface area (Å²) >= 11 is 6.83. The van der Waals surface area contributed by atoms with Gasteiger partial charge in [-0.3, -0.25) is 20.4 Å². The predicted octanol–water partition coefficient (Wildman–Crippen LogP) is 4.25. The lowest BCUT2D eigenvalue weighted by atomic mass is 10.0. The fraction of sp³-hybridized carbons (Fsp3) is 0.300. The highest BCUT2D eigenvalue weighted by Gasteiger charge is 2.10. The Balaban J connectivity index is 1.73. The van der Waals surface area contributed by atoms with Crippen LogP contribution in [-0.2, 0) is 9.59 Å². The molecule has 0 saturated carbocycles. The Morgan fingerprint density at radius 3 is 2.14 bits per heavy atom. The molecule has 8 heteroatoms. The first-order chi connectivity index (χ1) is 13.3. The van der Waals surface area contributed by atoms with E-state index in [1.165, 1.54) is 0 Å². The monoisotopic (exact) mass is 512 g/mol. The maximum Gasteiger partial charge on any atom is 0.276 e. The molecule has 0 spiro atoms. The molecule has 150 valence electrons. The Kier molecular flexibility index (Phi) is 8.32. The molecule has 0 heterocycles. The number of halogens is 2. The van der Waals surface area contributed by atoms with E-state index in [1.54, 1.807) is 12.1 Å². The molecule has 0 atom stereocenters. The summed E-state index contributed by atoms with van der Waals surface area (Å²) < 4.78 is 12.6. The summed E-state index contributed by atoms with van der Waals surface area (Å²) in [5, 5.41) is 0. The number of aryl methyl sites for hydroxylation is 1. The van der Waals surface area contributed by atoms with Gasteiger partial charge < -0.3 is 9.47 Å². The van der Waals surface area contributed by atoms with Gasteiger partial charge in [0.1, 0.15) is 11.5 Å². The SMILES string of the molecule is Cc1cc(OCC(=O)NNC(=O)COc2ccc(C(C)C)cc2Br)ccc1Br. The third-order valence-corrected chi connectivity index (χ3v) is 5.33. The van der Waals surface area contributed by atoms with E-state index in [2.05, 4.69) is 56.6 Å². The van der Waals surface area contributed by atoms with Gasteiger partial charge in [-0.05, 0) is 70.2 Å². The Morgan fingerprint density at radius 1 is 0.929 bits per heavy atom. The number of amides is 2. The van der Waals surface area contributed by atoms with Crippen molar-refractivity contribution < 1.29 is 19.1 Å². The minimum atomic E-state index is -0.479. The quantitative estimate of drug-likeness (QED) is 0.542. The number of hydrazine groups is 1. The van der Waals surface area contributed by atoms with Crippen molar-refractivity contribution in [3.8, 4) is 11.5 Å². The van der Waals surface area contributed by atoms with Gasteiger partial charge in [-0.25, -0.2) is 0 Å². The van der Waals surface area contributed by atoms with Crippen LogP contribution >= 0.6 is 31.9 Å². The summed E-state index contributed by atoms with van der Waals surface area (Å²) in [6.45, 7) is 5.67.